The normalized spacial score (nSPS) is 11.4. The lowest BCUT2D eigenvalue weighted by molar-refractivity contribution is 1.18. The minimum atomic E-state index is 1.07. The third kappa shape index (κ3) is 7.22. The molecule has 2 heteroatoms. The van der Waals surface area contributed by atoms with Crippen LogP contribution in [0.5, 0.6) is 0 Å². The van der Waals surface area contributed by atoms with Crippen molar-refractivity contribution in [2.45, 2.75) is 0 Å². The number of benzene rings is 12. The highest BCUT2D eigenvalue weighted by Crippen LogP contribution is 2.48. The van der Waals surface area contributed by atoms with E-state index in [-0.39, 0.29) is 0 Å². The number of fused-ring (bicyclic) bond motifs is 6. The van der Waals surface area contributed by atoms with Crippen molar-refractivity contribution in [1.29, 1.82) is 0 Å². The molecule has 2 nitrogen and oxygen atoms in total. The van der Waals surface area contributed by atoms with Crippen LogP contribution >= 0.6 is 0 Å². The molecule has 0 atom stereocenters. The fraction of sp³-hybridized carbons (Fsp3) is 0. The maximum Gasteiger partial charge on any atom is 0.0547 e. The first kappa shape index (κ1) is 41.0. The fourth-order valence-corrected chi connectivity index (χ4v) is 10.7. The Morgan fingerprint density at radius 2 is 0.743 bits per heavy atom. The molecule has 0 radical (unpaired) electrons. The molecule has 0 unspecified atom stereocenters. The van der Waals surface area contributed by atoms with Crippen LogP contribution in [-0.2, 0) is 0 Å². The van der Waals surface area contributed by atoms with Crippen molar-refractivity contribution in [3.8, 4) is 61.3 Å². The Morgan fingerprint density at radius 1 is 0.257 bits per heavy atom. The van der Waals surface area contributed by atoms with Gasteiger partial charge >= 0.3 is 0 Å². The van der Waals surface area contributed by atoms with Crippen LogP contribution < -0.4 is 4.90 Å². The number of hydrogen-bond donors (Lipinski definition) is 0. The lowest BCUT2D eigenvalue weighted by Crippen LogP contribution is -2.12. The Morgan fingerprint density at radius 3 is 1.44 bits per heavy atom. The van der Waals surface area contributed by atoms with E-state index in [4.69, 9.17) is 0 Å². The molecular formula is C68H46N2. The van der Waals surface area contributed by atoms with Crippen LogP contribution in [-0.4, -0.2) is 4.57 Å². The molecular weight excluding hydrogens is 845 g/mol. The predicted molar refractivity (Wildman–Crippen MR) is 298 cm³/mol. The first-order valence-corrected chi connectivity index (χ1v) is 24.1. The molecule has 70 heavy (non-hydrogen) atoms. The number of nitrogens with zero attached hydrogens (tertiary/aromatic N) is 2. The Kier molecular flexibility index (Phi) is 10.2. The average Bonchev–Trinajstić information content (AvgIpc) is 3.77. The van der Waals surface area contributed by atoms with Gasteiger partial charge < -0.3 is 9.47 Å². The molecule has 0 saturated carbocycles. The van der Waals surface area contributed by atoms with Gasteiger partial charge in [0.05, 0.1) is 16.7 Å². The van der Waals surface area contributed by atoms with E-state index in [1.165, 1.54) is 93.4 Å². The molecule has 0 fully saturated rings. The summed E-state index contributed by atoms with van der Waals surface area (Å²) in [5.41, 5.74) is 18.5. The second kappa shape index (κ2) is 17.4. The zero-order chi connectivity index (χ0) is 46.4. The number of para-hydroxylation sites is 2. The molecule has 0 aliphatic carbocycles. The van der Waals surface area contributed by atoms with Crippen LogP contribution in [0.3, 0.4) is 0 Å². The van der Waals surface area contributed by atoms with E-state index >= 15 is 0 Å². The molecule has 0 bridgehead atoms. The number of aromatic nitrogens is 1. The second-order valence-electron chi connectivity index (χ2n) is 18.0. The third-order valence-electron chi connectivity index (χ3n) is 14.0. The smallest absolute Gasteiger partial charge is 0.0547 e. The predicted octanol–water partition coefficient (Wildman–Crippen LogP) is 18.9. The van der Waals surface area contributed by atoms with Crippen molar-refractivity contribution in [1.82, 2.24) is 4.57 Å². The molecule has 13 aromatic rings. The zero-order valence-corrected chi connectivity index (χ0v) is 38.5. The van der Waals surface area contributed by atoms with Gasteiger partial charge in [0, 0.05) is 33.4 Å². The highest BCUT2D eigenvalue weighted by molar-refractivity contribution is 6.11. The Bertz CT molecular complexity index is 4020. The largest absolute Gasteiger partial charge is 0.310 e. The molecule has 13 rings (SSSR count). The summed E-state index contributed by atoms with van der Waals surface area (Å²) in [4.78, 5) is 2.44. The lowest BCUT2D eigenvalue weighted by Gasteiger charge is -2.30. The average molecular weight is 891 g/mol. The van der Waals surface area contributed by atoms with Crippen LogP contribution in [0.25, 0.3) is 105 Å². The molecule has 1 aromatic heterocycles. The molecule has 12 aromatic carbocycles. The van der Waals surface area contributed by atoms with Gasteiger partial charge in [-0.1, -0.05) is 218 Å². The van der Waals surface area contributed by atoms with E-state index in [1.807, 2.05) is 0 Å². The van der Waals surface area contributed by atoms with Crippen molar-refractivity contribution < 1.29 is 0 Å². The minimum absolute atomic E-state index is 1.07. The topological polar surface area (TPSA) is 8.17 Å². The van der Waals surface area contributed by atoms with E-state index in [0.717, 1.165) is 28.3 Å². The molecule has 0 aliphatic heterocycles. The number of hydrogen-bond acceptors (Lipinski definition) is 1. The van der Waals surface area contributed by atoms with Crippen molar-refractivity contribution >= 4 is 60.4 Å². The summed E-state index contributed by atoms with van der Waals surface area (Å²) in [5.74, 6) is 0. The van der Waals surface area contributed by atoms with E-state index in [9.17, 15) is 0 Å². The Hall–Kier alpha value is -9.24. The van der Waals surface area contributed by atoms with Crippen LogP contribution in [0.1, 0.15) is 0 Å². The van der Waals surface area contributed by atoms with Gasteiger partial charge in [-0.25, -0.2) is 0 Å². The molecule has 328 valence electrons. The van der Waals surface area contributed by atoms with Gasteiger partial charge in [0.2, 0.25) is 0 Å². The summed E-state index contributed by atoms with van der Waals surface area (Å²) < 4.78 is 2.39. The van der Waals surface area contributed by atoms with Gasteiger partial charge in [0.1, 0.15) is 0 Å². The second-order valence-corrected chi connectivity index (χ2v) is 18.0. The molecule has 0 saturated heterocycles. The quantitative estimate of drug-likeness (QED) is 0.131. The SMILES string of the molecule is c1ccc(-c2ccccc2-c2c(-c3ccccc3)cccc2N(c2ccc(-c3ccc4c(ccc5ccccc54)c3)cc2)c2ccc(-c3ccc4c5ccccc5n(-c5ccccc5)c4c3)cc2)cc1. The van der Waals surface area contributed by atoms with Gasteiger partial charge in [-0.3, -0.25) is 0 Å². The Balaban J connectivity index is 0.979. The summed E-state index contributed by atoms with van der Waals surface area (Å²) in [6.45, 7) is 0. The maximum atomic E-state index is 2.44. The highest BCUT2D eigenvalue weighted by atomic mass is 15.1. The number of rotatable bonds is 9. The standard InChI is InChI=1S/C68H46N2/c1-4-17-49(18-5-1)59-25-12-13-27-64(59)68-61(50-19-6-2-7-20-50)28-16-30-66(68)69(56-39-33-47(34-40-56)52-37-43-60-54(45-52)32-31-51-21-10-11-24-58(51)60)57-41-35-48(36-42-57)53-38-44-63-62-26-14-15-29-65(62)70(67(63)46-53)55-22-8-3-9-23-55/h1-46H. The van der Waals surface area contributed by atoms with Crippen LogP contribution in [0, 0.1) is 0 Å². The summed E-state index contributed by atoms with van der Waals surface area (Å²) in [6.07, 6.45) is 0. The molecule has 0 aliphatic rings. The highest BCUT2D eigenvalue weighted by Gasteiger charge is 2.23. The summed E-state index contributed by atoms with van der Waals surface area (Å²) in [6, 6.07) is 102. The van der Waals surface area contributed by atoms with E-state index in [1.54, 1.807) is 0 Å². The van der Waals surface area contributed by atoms with Gasteiger partial charge in [0.25, 0.3) is 0 Å². The monoisotopic (exact) mass is 890 g/mol. The van der Waals surface area contributed by atoms with Crippen LogP contribution in [0.15, 0.2) is 279 Å². The van der Waals surface area contributed by atoms with Crippen molar-refractivity contribution in [3.63, 3.8) is 0 Å². The van der Waals surface area contributed by atoms with Gasteiger partial charge in [0.15, 0.2) is 0 Å². The van der Waals surface area contributed by atoms with Crippen LogP contribution in [0.4, 0.5) is 17.1 Å². The summed E-state index contributed by atoms with van der Waals surface area (Å²) in [5, 5.41) is 7.54. The molecule has 1 heterocycles. The summed E-state index contributed by atoms with van der Waals surface area (Å²) >= 11 is 0. The van der Waals surface area contributed by atoms with Gasteiger partial charge in [-0.15, -0.1) is 0 Å². The zero-order valence-electron chi connectivity index (χ0n) is 38.5. The minimum Gasteiger partial charge on any atom is -0.310 e. The third-order valence-corrected chi connectivity index (χ3v) is 14.0. The summed E-state index contributed by atoms with van der Waals surface area (Å²) in [7, 11) is 0. The van der Waals surface area contributed by atoms with Crippen molar-refractivity contribution in [3.05, 3.63) is 279 Å². The van der Waals surface area contributed by atoms with Crippen molar-refractivity contribution in [2.75, 3.05) is 4.90 Å². The first-order chi connectivity index (χ1) is 34.7. The molecule has 0 N–H and O–H groups in total. The number of anilines is 3. The van der Waals surface area contributed by atoms with E-state index in [2.05, 4.69) is 289 Å². The fourth-order valence-electron chi connectivity index (χ4n) is 10.7. The van der Waals surface area contributed by atoms with E-state index < -0.39 is 0 Å². The molecule has 0 amide bonds. The maximum absolute atomic E-state index is 2.44. The first-order valence-electron chi connectivity index (χ1n) is 24.1. The molecule has 0 spiro atoms. The van der Waals surface area contributed by atoms with E-state index in [0.29, 0.717) is 0 Å². The Labute approximate surface area is 408 Å². The van der Waals surface area contributed by atoms with Crippen molar-refractivity contribution in [2.24, 2.45) is 0 Å². The lowest BCUT2D eigenvalue weighted by atomic mass is 9.87. The van der Waals surface area contributed by atoms with Gasteiger partial charge in [-0.05, 0) is 132 Å². The van der Waals surface area contributed by atoms with Crippen LogP contribution in [0.2, 0.25) is 0 Å². The van der Waals surface area contributed by atoms with Gasteiger partial charge in [-0.2, -0.15) is 0 Å².